The van der Waals surface area contributed by atoms with Gasteiger partial charge in [-0.2, -0.15) is 10.1 Å². The molecule has 0 spiro atoms. The predicted octanol–water partition coefficient (Wildman–Crippen LogP) is 3.52. The van der Waals surface area contributed by atoms with Crippen molar-refractivity contribution in [2.45, 2.75) is 33.2 Å². The number of aromatic nitrogens is 4. The maximum atomic E-state index is 12.7. The molecule has 2 aromatic heterocycles. The van der Waals surface area contributed by atoms with Crippen molar-refractivity contribution < 1.29 is 9.32 Å². The van der Waals surface area contributed by atoms with Gasteiger partial charge in [0.2, 0.25) is 5.91 Å². The van der Waals surface area contributed by atoms with Crippen LogP contribution in [0.15, 0.2) is 58.0 Å². The highest BCUT2D eigenvalue weighted by molar-refractivity contribution is 5.95. The molecule has 8 nitrogen and oxygen atoms in total. The molecule has 0 radical (unpaired) electrons. The number of hydrogen-bond acceptors (Lipinski definition) is 6. The third-order valence-electron chi connectivity index (χ3n) is 4.78. The summed E-state index contributed by atoms with van der Waals surface area (Å²) >= 11 is 0. The maximum absolute atomic E-state index is 12.7. The predicted molar refractivity (Wildman–Crippen MR) is 113 cm³/mol. The number of carbonyl (C=O) groups is 1. The topological polar surface area (TPSA) is 103 Å². The quantitative estimate of drug-likeness (QED) is 0.547. The summed E-state index contributed by atoms with van der Waals surface area (Å²) in [5, 5.41) is 12.2. The summed E-state index contributed by atoms with van der Waals surface area (Å²) in [6, 6.07) is 12.7. The minimum atomic E-state index is -0.376. The van der Waals surface area contributed by atoms with Crippen LogP contribution in [0.25, 0.3) is 22.2 Å². The van der Waals surface area contributed by atoms with E-state index in [0.717, 1.165) is 15.6 Å². The molecule has 8 heteroatoms. The molecule has 0 atom stereocenters. The zero-order chi connectivity index (χ0) is 21.3. The molecule has 0 saturated heterocycles. The van der Waals surface area contributed by atoms with Crippen molar-refractivity contribution in [3.05, 3.63) is 70.4 Å². The Hall–Kier alpha value is -3.81. The van der Waals surface area contributed by atoms with E-state index in [-0.39, 0.29) is 23.9 Å². The normalized spacial score (nSPS) is 11.2. The molecule has 0 bridgehead atoms. The van der Waals surface area contributed by atoms with Crippen LogP contribution in [0.5, 0.6) is 0 Å². The van der Waals surface area contributed by atoms with E-state index in [0.29, 0.717) is 28.4 Å². The van der Waals surface area contributed by atoms with Crippen LogP contribution in [0.3, 0.4) is 0 Å². The van der Waals surface area contributed by atoms with Gasteiger partial charge >= 0.3 is 0 Å². The first-order valence-corrected chi connectivity index (χ1v) is 9.62. The first-order valence-electron chi connectivity index (χ1n) is 9.62. The average molecular weight is 403 g/mol. The standard InChI is InChI=1S/C22H21N5O3/c1-13(2)20-25-21(30-26-20)17-10-6-7-14(3)19(17)24-18(28)12-27-22(29)16-9-5-4-8-15(16)11-23-27/h4-11,13H,12H2,1-3H3,(H,24,28). The van der Waals surface area contributed by atoms with Gasteiger partial charge < -0.3 is 9.84 Å². The molecule has 0 fully saturated rings. The number of hydrogen-bond donors (Lipinski definition) is 1. The van der Waals surface area contributed by atoms with E-state index in [1.807, 2.05) is 45.0 Å². The van der Waals surface area contributed by atoms with Crippen LogP contribution >= 0.6 is 0 Å². The third kappa shape index (κ3) is 3.71. The van der Waals surface area contributed by atoms with Gasteiger partial charge in [0.25, 0.3) is 11.4 Å². The van der Waals surface area contributed by atoms with E-state index in [2.05, 4.69) is 20.6 Å². The second-order valence-electron chi connectivity index (χ2n) is 7.35. The summed E-state index contributed by atoms with van der Waals surface area (Å²) in [7, 11) is 0. The summed E-state index contributed by atoms with van der Waals surface area (Å²) in [5.74, 6) is 0.671. The highest BCUT2D eigenvalue weighted by atomic mass is 16.5. The lowest BCUT2D eigenvalue weighted by atomic mass is 10.1. The molecular formula is C22H21N5O3. The van der Waals surface area contributed by atoms with Crippen LogP contribution in [0.1, 0.15) is 31.2 Å². The van der Waals surface area contributed by atoms with Gasteiger partial charge in [-0.1, -0.05) is 49.3 Å². The molecule has 0 aliphatic carbocycles. The number of amides is 1. The van der Waals surface area contributed by atoms with E-state index in [1.54, 1.807) is 24.4 Å². The molecule has 0 unspecified atom stereocenters. The molecule has 0 aliphatic rings. The number of carbonyl (C=O) groups excluding carboxylic acids is 1. The fraction of sp³-hybridized carbons (Fsp3) is 0.227. The monoisotopic (exact) mass is 403 g/mol. The van der Waals surface area contributed by atoms with Crippen LogP contribution in [0.4, 0.5) is 5.69 Å². The van der Waals surface area contributed by atoms with Crippen molar-refractivity contribution in [1.82, 2.24) is 19.9 Å². The van der Waals surface area contributed by atoms with E-state index in [1.165, 1.54) is 0 Å². The number of fused-ring (bicyclic) bond motifs is 1. The highest BCUT2D eigenvalue weighted by Crippen LogP contribution is 2.30. The number of benzene rings is 2. The number of rotatable bonds is 5. The third-order valence-corrected chi connectivity index (χ3v) is 4.78. The zero-order valence-electron chi connectivity index (χ0n) is 16.9. The number of anilines is 1. The van der Waals surface area contributed by atoms with E-state index < -0.39 is 0 Å². The molecule has 0 aliphatic heterocycles. The summed E-state index contributed by atoms with van der Waals surface area (Å²) in [6.45, 7) is 5.61. The van der Waals surface area contributed by atoms with Crippen molar-refractivity contribution >= 4 is 22.4 Å². The Morgan fingerprint density at radius 1 is 1.17 bits per heavy atom. The van der Waals surface area contributed by atoms with E-state index in [4.69, 9.17) is 4.52 Å². The number of para-hydroxylation sites is 1. The summed E-state index contributed by atoms with van der Waals surface area (Å²) in [4.78, 5) is 29.8. The Morgan fingerprint density at radius 2 is 1.97 bits per heavy atom. The summed E-state index contributed by atoms with van der Waals surface area (Å²) < 4.78 is 6.55. The Morgan fingerprint density at radius 3 is 2.73 bits per heavy atom. The smallest absolute Gasteiger partial charge is 0.275 e. The molecule has 2 aromatic carbocycles. The fourth-order valence-corrected chi connectivity index (χ4v) is 3.15. The van der Waals surface area contributed by atoms with Gasteiger partial charge in [0.1, 0.15) is 6.54 Å². The van der Waals surface area contributed by atoms with Crippen molar-refractivity contribution in [1.29, 1.82) is 0 Å². The van der Waals surface area contributed by atoms with Crippen LogP contribution in [-0.2, 0) is 11.3 Å². The van der Waals surface area contributed by atoms with E-state index >= 15 is 0 Å². The highest BCUT2D eigenvalue weighted by Gasteiger charge is 2.18. The maximum Gasteiger partial charge on any atom is 0.275 e. The second kappa shape index (κ2) is 7.90. The molecule has 4 aromatic rings. The minimum Gasteiger partial charge on any atom is -0.334 e. The minimum absolute atomic E-state index is 0.121. The number of nitrogens with one attached hydrogen (secondary N) is 1. The zero-order valence-corrected chi connectivity index (χ0v) is 16.9. The Bertz CT molecular complexity index is 1290. The van der Waals surface area contributed by atoms with Crippen molar-refractivity contribution in [3.8, 4) is 11.5 Å². The summed E-state index contributed by atoms with van der Waals surface area (Å²) in [5.41, 5.74) is 1.72. The average Bonchev–Trinajstić information content (AvgIpc) is 3.22. The lowest BCUT2D eigenvalue weighted by molar-refractivity contribution is -0.117. The number of aryl methyl sites for hydroxylation is 1. The Balaban J connectivity index is 1.62. The molecule has 1 amide bonds. The molecule has 1 N–H and O–H groups in total. The van der Waals surface area contributed by atoms with Crippen LogP contribution in [-0.4, -0.2) is 25.8 Å². The SMILES string of the molecule is Cc1cccc(-c2nc(C(C)C)no2)c1NC(=O)Cn1ncc2ccccc2c1=O. The molecular weight excluding hydrogens is 382 g/mol. The van der Waals surface area contributed by atoms with E-state index in [9.17, 15) is 9.59 Å². The first-order chi connectivity index (χ1) is 14.4. The summed E-state index contributed by atoms with van der Waals surface area (Å²) in [6.07, 6.45) is 1.58. The van der Waals surface area contributed by atoms with Gasteiger partial charge in [-0.25, -0.2) is 4.68 Å². The molecule has 0 saturated carbocycles. The van der Waals surface area contributed by atoms with Crippen molar-refractivity contribution in [3.63, 3.8) is 0 Å². The van der Waals surface area contributed by atoms with Gasteiger partial charge in [0.05, 0.1) is 22.8 Å². The largest absolute Gasteiger partial charge is 0.334 e. The van der Waals surface area contributed by atoms with Gasteiger partial charge in [-0.3, -0.25) is 9.59 Å². The van der Waals surface area contributed by atoms with Gasteiger partial charge in [-0.15, -0.1) is 0 Å². The second-order valence-corrected chi connectivity index (χ2v) is 7.35. The van der Waals surface area contributed by atoms with Crippen LogP contribution in [0, 0.1) is 6.92 Å². The van der Waals surface area contributed by atoms with Crippen LogP contribution in [0.2, 0.25) is 0 Å². The molecule has 30 heavy (non-hydrogen) atoms. The van der Waals surface area contributed by atoms with Gasteiger partial charge in [0.15, 0.2) is 5.82 Å². The Kier molecular flexibility index (Phi) is 5.14. The molecule has 152 valence electrons. The van der Waals surface area contributed by atoms with Crippen LogP contribution < -0.4 is 10.9 Å². The number of nitrogens with zero attached hydrogens (tertiary/aromatic N) is 4. The first kappa shape index (κ1) is 19.5. The Labute approximate surface area is 172 Å². The van der Waals surface area contributed by atoms with Gasteiger partial charge in [0, 0.05) is 11.3 Å². The lowest BCUT2D eigenvalue weighted by Crippen LogP contribution is -2.29. The molecule has 4 rings (SSSR count). The van der Waals surface area contributed by atoms with Gasteiger partial charge in [-0.05, 0) is 24.6 Å². The lowest BCUT2D eigenvalue weighted by Gasteiger charge is -2.12. The van der Waals surface area contributed by atoms with Crippen molar-refractivity contribution in [2.75, 3.05) is 5.32 Å². The molecule has 2 heterocycles. The fourth-order valence-electron chi connectivity index (χ4n) is 3.15. The van der Waals surface area contributed by atoms with Crippen molar-refractivity contribution in [2.24, 2.45) is 0 Å².